The Kier molecular flexibility index (Phi) is 5.13. The monoisotopic (exact) mass is 349 g/mol. The van der Waals surface area contributed by atoms with Crippen molar-refractivity contribution in [3.63, 3.8) is 0 Å². The molecule has 3 fully saturated rings. The molecule has 0 bridgehead atoms. The van der Waals surface area contributed by atoms with Gasteiger partial charge in [0, 0.05) is 37.2 Å². The maximum atomic E-state index is 6.42. The number of ether oxygens (including phenoxy) is 2. The summed E-state index contributed by atoms with van der Waals surface area (Å²) in [5.41, 5.74) is 2.23. The minimum Gasteiger partial charge on any atom is -0.379 e. The molecule has 0 aromatic carbocycles. The molecule has 0 N–H and O–H groups in total. The molecular weight excluding hydrogens is 318 g/mol. The molecule has 1 aromatic rings. The van der Waals surface area contributed by atoms with Crippen LogP contribution in [0.25, 0.3) is 0 Å². The molecule has 1 aromatic heterocycles. The Morgan fingerprint density at radius 1 is 1.20 bits per heavy atom. The maximum Gasteiger partial charge on any atom is 0.138 e. The highest BCUT2D eigenvalue weighted by Gasteiger charge is 2.46. The Labute approximate surface area is 150 Å². The van der Waals surface area contributed by atoms with E-state index in [0.717, 1.165) is 44.4 Å². The average molecular weight is 349 g/mol. The number of piperidine rings is 1. The fraction of sp³-hybridized carbons (Fsp3) is 0.842. The van der Waals surface area contributed by atoms with Crippen LogP contribution in [0.4, 0.5) is 0 Å². The van der Waals surface area contributed by atoms with E-state index in [0.29, 0.717) is 24.0 Å². The fourth-order valence-electron chi connectivity index (χ4n) is 4.57. The van der Waals surface area contributed by atoms with Gasteiger partial charge in [-0.05, 0) is 52.7 Å². The summed E-state index contributed by atoms with van der Waals surface area (Å²) < 4.78 is 17.5. The van der Waals surface area contributed by atoms with E-state index in [4.69, 9.17) is 14.0 Å². The van der Waals surface area contributed by atoms with E-state index in [2.05, 4.69) is 22.0 Å². The van der Waals surface area contributed by atoms with Gasteiger partial charge < -0.3 is 18.9 Å². The van der Waals surface area contributed by atoms with Crippen LogP contribution in [0.5, 0.6) is 0 Å². The van der Waals surface area contributed by atoms with E-state index in [-0.39, 0.29) is 0 Å². The summed E-state index contributed by atoms with van der Waals surface area (Å²) in [6, 6.07) is 0.469. The predicted octanol–water partition coefficient (Wildman–Crippen LogP) is 1.85. The molecule has 25 heavy (non-hydrogen) atoms. The number of aromatic nitrogens is 1. The second kappa shape index (κ2) is 7.35. The smallest absolute Gasteiger partial charge is 0.138 e. The third-order valence-corrected chi connectivity index (χ3v) is 6.38. The van der Waals surface area contributed by atoms with E-state index >= 15 is 0 Å². The zero-order valence-corrected chi connectivity index (χ0v) is 15.7. The number of fused-ring (bicyclic) bond motifs is 1. The molecule has 0 amide bonds. The number of nitrogens with zero attached hydrogens (tertiary/aromatic N) is 3. The molecule has 3 aliphatic heterocycles. The van der Waals surface area contributed by atoms with Crippen molar-refractivity contribution in [1.29, 1.82) is 0 Å². The Balaban J connectivity index is 1.36. The minimum atomic E-state index is 0.299. The van der Waals surface area contributed by atoms with Gasteiger partial charge in [0.2, 0.25) is 0 Å². The summed E-state index contributed by atoms with van der Waals surface area (Å²) in [5.74, 6) is 2.16. The van der Waals surface area contributed by atoms with Crippen LogP contribution in [0.15, 0.2) is 4.52 Å². The lowest BCUT2D eigenvalue weighted by molar-refractivity contribution is -0.00872. The summed E-state index contributed by atoms with van der Waals surface area (Å²) in [6.45, 7) is 10.9. The zero-order valence-electron chi connectivity index (χ0n) is 15.7. The first-order chi connectivity index (χ1) is 12.1. The van der Waals surface area contributed by atoms with Gasteiger partial charge in [0.1, 0.15) is 5.76 Å². The average Bonchev–Trinajstić information content (AvgIpc) is 3.28. The van der Waals surface area contributed by atoms with Gasteiger partial charge in [0.05, 0.1) is 25.0 Å². The molecule has 3 saturated heterocycles. The summed E-state index contributed by atoms with van der Waals surface area (Å²) in [7, 11) is 2.21. The molecule has 140 valence electrons. The first-order valence-electron chi connectivity index (χ1n) is 9.65. The zero-order chi connectivity index (χ0) is 17.4. The summed E-state index contributed by atoms with van der Waals surface area (Å²) in [5, 5.41) is 4.10. The van der Waals surface area contributed by atoms with Gasteiger partial charge in [-0.25, -0.2) is 0 Å². The molecule has 0 unspecified atom stereocenters. The molecule has 6 heteroatoms. The topological polar surface area (TPSA) is 51.0 Å². The molecule has 4 rings (SSSR count). The number of hydrogen-bond donors (Lipinski definition) is 0. The molecule has 6 nitrogen and oxygen atoms in total. The minimum absolute atomic E-state index is 0.299. The summed E-state index contributed by atoms with van der Waals surface area (Å²) in [4.78, 5) is 4.93. The van der Waals surface area contributed by atoms with Crippen LogP contribution in [0.3, 0.4) is 0 Å². The van der Waals surface area contributed by atoms with Gasteiger partial charge in [-0.3, -0.25) is 4.90 Å². The fourth-order valence-corrected chi connectivity index (χ4v) is 4.57. The lowest BCUT2D eigenvalue weighted by Crippen LogP contribution is -2.34. The van der Waals surface area contributed by atoms with Crippen LogP contribution in [-0.4, -0.2) is 73.6 Å². The quantitative estimate of drug-likeness (QED) is 0.809. The van der Waals surface area contributed by atoms with Crippen LogP contribution in [0.1, 0.15) is 29.9 Å². The van der Waals surface area contributed by atoms with E-state index in [9.17, 15) is 0 Å². The first kappa shape index (κ1) is 17.5. The SMILES string of the molecule is Cc1noc(C)c1CN1C[C@H](OCC2CCN(C)CC2)[C@H]2COC[C@H]21. The largest absolute Gasteiger partial charge is 0.379 e. The second-order valence-electron chi connectivity index (χ2n) is 8.12. The highest BCUT2D eigenvalue weighted by Crippen LogP contribution is 2.34. The van der Waals surface area contributed by atoms with Crippen molar-refractivity contribution in [2.75, 3.05) is 46.5 Å². The highest BCUT2D eigenvalue weighted by atomic mass is 16.5. The normalized spacial score (nSPS) is 31.7. The van der Waals surface area contributed by atoms with Crippen molar-refractivity contribution in [3.8, 4) is 0 Å². The van der Waals surface area contributed by atoms with Crippen LogP contribution >= 0.6 is 0 Å². The summed E-state index contributed by atoms with van der Waals surface area (Å²) >= 11 is 0. The Bertz CT molecular complexity index is 563. The lowest BCUT2D eigenvalue weighted by atomic mass is 9.97. The van der Waals surface area contributed by atoms with Crippen molar-refractivity contribution < 1.29 is 14.0 Å². The van der Waals surface area contributed by atoms with Crippen molar-refractivity contribution in [2.24, 2.45) is 11.8 Å². The van der Waals surface area contributed by atoms with Gasteiger partial charge in [-0.15, -0.1) is 0 Å². The Morgan fingerprint density at radius 2 is 2.00 bits per heavy atom. The molecular formula is C19H31N3O3. The third-order valence-electron chi connectivity index (χ3n) is 6.38. The molecule has 0 saturated carbocycles. The molecule has 0 spiro atoms. The number of likely N-dealkylation sites (tertiary alicyclic amines) is 2. The van der Waals surface area contributed by atoms with Crippen LogP contribution in [0, 0.1) is 25.7 Å². The molecule has 0 radical (unpaired) electrons. The highest BCUT2D eigenvalue weighted by molar-refractivity contribution is 5.21. The van der Waals surface area contributed by atoms with Gasteiger partial charge in [-0.1, -0.05) is 5.16 Å². The van der Waals surface area contributed by atoms with Crippen LogP contribution in [-0.2, 0) is 16.0 Å². The second-order valence-corrected chi connectivity index (χ2v) is 8.12. The number of aryl methyl sites for hydroxylation is 2. The van der Waals surface area contributed by atoms with E-state index in [1.807, 2.05) is 13.8 Å². The van der Waals surface area contributed by atoms with Crippen LogP contribution in [0.2, 0.25) is 0 Å². The summed E-state index contributed by atoms with van der Waals surface area (Å²) in [6.07, 6.45) is 2.82. The standard InChI is InChI=1S/C19H31N3O3/c1-13-16(14(2)25-20-13)8-22-9-19(17-11-23-12-18(17)22)24-10-15-4-6-21(3)7-5-15/h15,17-19H,4-12H2,1-3H3/t17-,18+,19-/m0/s1. The molecule has 0 aliphatic carbocycles. The van der Waals surface area contributed by atoms with Crippen molar-refractivity contribution in [3.05, 3.63) is 17.0 Å². The van der Waals surface area contributed by atoms with Gasteiger partial charge >= 0.3 is 0 Å². The first-order valence-corrected chi connectivity index (χ1v) is 9.65. The van der Waals surface area contributed by atoms with Crippen molar-refractivity contribution in [1.82, 2.24) is 15.0 Å². The third kappa shape index (κ3) is 3.63. The van der Waals surface area contributed by atoms with Crippen LogP contribution < -0.4 is 0 Å². The molecule has 3 atom stereocenters. The molecule has 3 aliphatic rings. The van der Waals surface area contributed by atoms with E-state index in [1.165, 1.54) is 31.5 Å². The number of rotatable bonds is 5. The van der Waals surface area contributed by atoms with Crippen molar-refractivity contribution in [2.45, 2.75) is 45.4 Å². The Hall–Kier alpha value is -0.950. The van der Waals surface area contributed by atoms with Gasteiger partial charge in [0.25, 0.3) is 0 Å². The Morgan fingerprint density at radius 3 is 2.72 bits per heavy atom. The van der Waals surface area contributed by atoms with Gasteiger partial charge in [0.15, 0.2) is 0 Å². The lowest BCUT2D eigenvalue weighted by Gasteiger charge is -2.30. The van der Waals surface area contributed by atoms with Gasteiger partial charge in [-0.2, -0.15) is 0 Å². The maximum absolute atomic E-state index is 6.42. The number of hydrogen-bond acceptors (Lipinski definition) is 6. The van der Waals surface area contributed by atoms with Crippen molar-refractivity contribution >= 4 is 0 Å². The molecule has 4 heterocycles. The van der Waals surface area contributed by atoms with E-state index < -0.39 is 0 Å². The van der Waals surface area contributed by atoms with E-state index in [1.54, 1.807) is 0 Å². The predicted molar refractivity (Wildman–Crippen MR) is 94.4 cm³/mol.